The van der Waals surface area contributed by atoms with Gasteiger partial charge in [-0.05, 0) is 13.8 Å². The van der Waals surface area contributed by atoms with E-state index < -0.39 is 48.4 Å². The van der Waals surface area contributed by atoms with Gasteiger partial charge in [0, 0.05) is 6.42 Å². The van der Waals surface area contributed by atoms with Crippen LogP contribution < -0.4 is 16.8 Å². The van der Waals surface area contributed by atoms with E-state index in [1.165, 1.54) is 13.8 Å². The van der Waals surface area contributed by atoms with Crippen molar-refractivity contribution in [1.82, 2.24) is 5.32 Å². The molecular formula is C10H18FN3O4. The van der Waals surface area contributed by atoms with Crippen molar-refractivity contribution in [3.8, 4) is 0 Å². The summed E-state index contributed by atoms with van der Waals surface area (Å²) in [4.78, 5) is 32.8. The zero-order valence-corrected chi connectivity index (χ0v) is 10.3. The molecule has 0 unspecified atom stereocenters. The predicted octanol–water partition coefficient (Wildman–Crippen LogP) is -1.10. The summed E-state index contributed by atoms with van der Waals surface area (Å²) in [5, 5.41) is 10.9. The molecule has 0 aliphatic rings. The van der Waals surface area contributed by atoms with E-state index in [4.69, 9.17) is 16.6 Å². The summed E-state index contributed by atoms with van der Waals surface area (Å²) in [7, 11) is 0. The molecule has 0 bridgehead atoms. The lowest BCUT2D eigenvalue weighted by molar-refractivity contribution is -0.143. The summed E-state index contributed by atoms with van der Waals surface area (Å²) in [6, 6.07) is -2.65. The lowest BCUT2D eigenvalue weighted by Crippen LogP contribution is -2.51. The summed E-state index contributed by atoms with van der Waals surface area (Å²) in [6.45, 7) is 2.39. The molecule has 0 aromatic rings. The smallest absolute Gasteiger partial charge is 0.326 e. The van der Waals surface area contributed by atoms with E-state index in [1.54, 1.807) is 0 Å². The highest BCUT2D eigenvalue weighted by Crippen LogP contribution is 2.16. The Balaban J connectivity index is 4.55. The maximum absolute atomic E-state index is 13.3. The number of primary amides is 1. The molecule has 2 atom stereocenters. The Morgan fingerprint density at radius 2 is 1.89 bits per heavy atom. The molecule has 6 N–H and O–H groups in total. The van der Waals surface area contributed by atoms with Gasteiger partial charge in [-0.15, -0.1) is 0 Å². The molecule has 0 saturated heterocycles. The molecule has 0 fully saturated rings. The molecule has 7 nitrogen and oxygen atoms in total. The van der Waals surface area contributed by atoms with Crippen molar-refractivity contribution < 1.29 is 23.9 Å². The van der Waals surface area contributed by atoms with Crippen LogP contribution in [0.15, 0.2) is 0 Å². The molecule has 0 aromatic carbocycles. The van der Waals surface area contributed by atoms with Crippen LogP contribution in [0.1, 0.15) is 26.7 Å². The van der Waals surface area contributed by atoms with Crippen LogP contribution in [0.25, 0.3) is 0 Å². The van der Waals surface area contributed by atoms with Gasteiger partial charge in [-0.2, -0.15) is 0 Å². The second-order valence-corrected chi connectivity index (χ2v) is 4.60. The van der Waals surface area contributed by atoms with E-state index in [-0.39, 0.29) is 0 Å². The number of rotatable bonds is 7. The average Bonchev–Trinajstić information content (AvgIpc) is 2.12. The third-order valence-electron chi connectivity index (χ3n) is 2.06. The standard InChI is InChI=1S/C10H18FN3O4/c1-10(2,11)4-6(9(17)18)14-8(16)5(12)3-7(13)15/h5-6H,3-4,12H2,1-2H3,(H2,13,15)(H,14,16)(H,17,18)/t5-,6-/m0/s1/i11-1. The van der Waals surface area contributed by atoms with Crippen LogP contribution >= 0.6 is 0 Å². The molecule has 0 rings (SSSR count). The maximum atomic E-state index is 13.3. The minimum atomic E-state index is -1.76. The second kappa shape index (κ2) is 6.29. The minimum absolute atomic E-state index is 0.405. The van der Waals surface area contributed by atoms with Gasteiger partial charge < -0.3 is 21.9 Å². The Hall–Kier alpha value is -1.70. The summed E-state index contributed by atoms with van der Waals surface area (Å²) in [5.74, 6) is -3.01. The molecule has 0 heterocycles. The number of hydrogen-bond donors (Lipinski definition) is 4. The number of carbonyl (C=O) groups is 3. The van der Waals surface area contributed by atoms with Crippen LogP contribution in [0.2, 0.25) is 0 Å². The number of aliphatic carboxylic acids is 1. The first-order valence-electron chi connectivity index (χ1n) is 5.29. The van der Waals surface area contributed by atoms with Gasteiger partial charge in [0.2, 0.25) is 11.8 Å². The van der Waals surface area contributed by atoms with E-state index in [1.807, 2.05) is 0 Å². The van der Waals surface area contributed by atoms with Crippen molar-refractivity contribution in [2.24, 2.45) is 11.5 Å². The van der Waals surface area contributed by atoms with Gasteiger partial charge in [0.25, 0.3) is 0 Å². The van der Waals surface area contributed by atoms with Crippen LogP contribution in [0.5, 0.6) is 0 Å². The fraction of sp³-hybridized carbons (Fsp3) is 0.700. The molecule has 0 saturated carbocycles. The number of carboxylic acid groups (broad SMARTS) is 1. The third kappa shape index (κ3) is 6.79. The van der Waals surface area contributed by atoms with Crippen molar-refractivity contribution in [1.29, 1.82) is 0 Å². The molecule has 0 radical (unpaired) electrons. The number of amides is 2. The van der Waals surface area contributed by atoms with Gasteiger partial charge in [0.15, 0.2) is 0 Å². The number of halogens is 1. The van der Waals surface area contributed by atoms with Crippen LogP contribution in [0, 0.1) is 0 Å². The number of carbonyl (C=O) groups excluding carboxylic acids is 2. The first-order valence-corrected chi connectivity index (χ1v) is 5.29. The minimum Gasteiger partial charge on any atom is -0.480 e. The van der Waals surface area contributed by atoms with Gasteiger partial charge in [-0.25, -0.2) is 9.18 Å². The molecule has 0 aliphatic carbocycles. The van der Waals surface area contributed by atoms with Crippen molar-refractivity contribution in [2.45, 2.75) is 44.4 Å². The van der Waals surface area contributed by atoms with E-state index in [2.05, 4.69) is 5.32 Å². The fourth-order valence-corrected chi connectivity index (χ4v) is 1.27. The van der Waals surface area contributed by atoms with Crippen LogP contribution in [-0.4, -0.2) is 40.6 Å². The van der Waals surface area contributed by atoms with Crippen molar-refractivity contribution in [2.75, 3.05) is 0 Å². The van der Waals surface area contributed by atoms with Gasteiger partial charge in [-0.1, -0.05) is 0 Å². The zero-order valence-electron chi connectivity index (χ0n) is 10.3. The molecular weight excluding hydrogens is 244 g/mol. The predicted molar refractivity (Wildman–Crippen MR) is 61.2 cm³/mol. The summed E-state index contributed by atoms with van der Waals surface area (Å²) in [5.41, 5.74) is 8.42. The lowest BCUT2D eigenvalue weighted by atomic mass is 10.00. The van der Waals surface area contributed by atoms with Gasteiger partial charge in [0.1, 0.15) is 11.7 Å². The van der Waals surface area contributed by atoms with Crippen molar-refractivity contribution in [3.05, 3.63) is 0 Å². The number of nitrogens with one attached hydrogen (secondary N) is 1. The Bertz CT molecular complexity index is 341. The van der Waals surface area contributed by atoms with E-state index in [9.17, 15) is 18.8 Å². The van der Waals surface area contributed by atoms with E-state index in [0.29, 0.717) is 0 Å². The Morgan fingerprint density at radius 3 is 2.22 bits per heavy atom. The quantitative estimate of drug-likeness (QED) is 0.461. The Labute approximate surface area is 104 Å². The third-order valence-corrected chi connectivity index (χ3v) is 2.06. The normalized spacial score (nSPS) is 14.7. The molecule has 18 heavy (non-hydrogen) atoms. The topological polar surface area (TPSA) is 136 Å². The van der Waals surface area contributed by atoms with Crippen molar-refractivity contribution >= 4 is 17.8 Å². The van der Waals surface area contributed by atoms with Crippen LogP contribution in [-0.2, 0) is 14.4 Å². The first-order chi connectivity index (χ1) is 8.03. The van der Waals surface area contributed by atoms with Gasteiger partial charge >= 0.3 is 5.97 Å². The Morgan fingerprint density at radius 1 is 1.39 bits per heavy atom. The molecule has 0 spiro atoms. The lowest BCUT2D eigenvalue weighted by Gasteiger charge is -2.22. The Kier molecular flexibility index (Phi) is 5.70. The van der Waals surface area contributed by atoms with Crippen molar-refractivity contribution in [3.63, 3.8) is 0 Å². The highest BCUT2D eigenvalue weighted by molar-refractivity contribution is 5.90. The number of nitrogens with two attached hydrogens (primary N) is 2. The monoisotopic (exact) mass is 262 g/mol. The van der Waals surface area contributed by atoms with Gasteiger partial charge in [0.05, 0.1) is 12.5 Å². The summed E-state index contributed by atoms with van der Waals surface area (Å²) < 4.78 is 13.3. The highest BCUT2D eigenvalue weighted by Gasteiger charge is 2.30. The zero-order chi connectivity index (χ0) is 14.5. The fourth-order valence-electron chi connectivity index (χ4n) is 1.27. The first kappa shape index (κ1) is 16.3. The largest absolute Gasteiger partial charge is 0.480 e. The average molecular weight is 262 g/mol. The molecule has 0 aliphatic heterocycles. The van der Waals surface area contributed by atoms with Crippen LogP contribution in [0.4, 0.5) is 4.39 Å². The molecule has 8 heteroatoms. The number of alkyl halides is 1. The van der Waals surface area contributed by atoms with Gasteiger partial charge in [-0.3, -0.25) is 9.59 Å². The summed E-state index contributed by atoms with van der Waals surface area (Å²) in [6.07, 6.45) is -0.811. The molecule has 2 amide bonds. The highest BCUT2D eigenvalue weighted by atomic mass is 18.2. The second-order valence-electron chi connectivity index (χ2n) is 4.60. The summed E-state index contributed by atoms with van der Waals surface area (Å²) >= 11 is 0. The number of carboxylic acids is 1. The number of hydrogen-bond acceptors (Lipinski definition) is 4. The van der Waals surface area contributed by atoms with E-state index in [0.717, 1.165) is 0 Å². The molecule has 0 aromatic heterocycles. The van der Waals surface area contributed by atoms with E-state index >= 15 is 0 Å². The van der Waals surface area contributed by atoms with Crippen LogP contribution in [0.3, 0.4) is 0 Å². The molecule has 104 valence electrons. The maximum Gasteiger partial charge on any atom is 0.326 e. The SMILES string of the molecule is CC(C)([18F])C[C@H](NC(=O)[C@@H](N)CC(N)=O)C(=O)O.